The lowest BCUT2D eigenvalue weighted by Gasteiger charge is -2.09. The van der Waals surface area contributed by atoms with Crippen LogP contribution in [0.4, 0.5) is 18.9 Å². The molecule has 0 spiro atoms. The molecule has 0 aliphatic heterocycles. The number of alkyl halides is 3. The molecule has 0 saturated heterocycles. The van der Waals surface area contributed by atoms with Gasteiger partial charge in [0.2, 0.25) is 5.90 Å². The fraction of sp³-hybridized carbons (Fsp3) is 0.182. The Hall–Kier alpha value is -1.83. The van der Waals surface area contributed by atoms with E-state index < -0.39 is 21.5 Å². The van der Waals surface area contributed by atoms with Crippen molar-refractivity contribution in [1.82, 2.24) is 0 Å². The average molecular weight is 293 g/mol. The van der Waals surface area contributed by atoms with Gasteiger partial charge in [0, 0.05) is 0 Å². The number of hydrogen-bond donors (Lipinski definition) is 0. The van der Waals surface area contributed by atoms with Gasteiger partial charge in [-0.05, 0) is 25.1 Å². The highest BCUT2D eigenvalue weighted by atomic mass is 32.2. The second kappa shape index (κ2) is 5.87. The van der Waals surface area contributed by atoms with E-state index in [-0.39, 0.29) is 5.69 Å². The summed E-state index contributed by atoms with van der Waals surface area (Å²) >= 11 is 0. The van der Waals surface area contributed by atoms with Crippen molar-refractivity contribution >= 4 is 21.7 Å². The molecule has 0 amide bonds. The summed E-state index contributed by atoms with van der Waals surface area (Å²) in [6.45, 7) is 1.49. The molecule has 19 heavy (non-hydrogen) atoms. The van der Waals surface area contributed by atoms with Crippen molar-refractivity contribution in [2.24, 2.45) is 4.99 Å². The van der Waals surface area contributed by atoms with E-state index in [1.807, 2.05) is 0 Å². The van der Waals surface area contributed by atoms with E-state index in [4.69, 9.17) is 0 Å². The summed E-state index contributed by atoms with van der Waals surface area (Å²) in [6.07, 6.45) is 2.34. The smallest absolute Gasteiger partial charge is 0.355 e. The van der Waals surface area contributed by atoms with Crippen LogP contribution in [0, 0.1) is 0 Å². The maximum Gasteiger partial charge on any atom is 0.534 e. The standard InChI is InChI=1S/C11H10F3NO3S/c1-2-6-10(15-9-7-4-3-5-8-9)18-19(16,17)11(12,13)14/h2-8H,1H3/b6-2+,15-10?. The van der Waals surface area contributed by atoms with Crippen molar-refractivity contribution in [3.05, 3.63) is 42.5 Å². The highest BCUT2D eigenvalue weighted by Crippen LogP contribution is 2.25. The van der Waals surface area contributed by atoms with Crippen LogP contribution in [0.25, 0.3) is 0 Å². The first-order chi connectivity index (χ1) is 8.76. The van der Waals surface area contributed by atoms with Crippen LogP contribution in [-0.4, -0.2) is 19.8 Å². The minimum atomic E-state index is -5.72. The Labute approximate surface area is 108 Å². The molecule has 0 heterocycles. The molecule has 1 rings (SSSR count). The van der Waals surface area contributed by atoms with Gasteiger partial charge >= 0.3 is 15.6 Å². The van der Waals surface area contributed by atoms with Crippen molar-refractivity contribution in [2.75, 3.05) is 0 Å². The number of aliphatic imine (C=N–C) groups is 1. The number of hydrogen-bond acceptors (Lipinski definition) is 4. The van der Waals surface area contributed by atoms with Crippen LogP contribution in [0.5, 0.6) is 0 Å². The molecule has 0 radical (unpaired) electrons. The fourth-order valence-electron chi connectivity index (χ4n) is 1.02. The molecule has 4 nitrogen and oxygen atoms in total. The van der Waals surface area contributed by atoms with E-state index in [0.717, 1.165) is 6.08 Å². The Kier molecular flexibility index (Phi) is 4.71. The van der Waals surface area contributed by atoms with Crippen molar-refractivity contribution in [1.29, 1.82) is 0 Å². The highest BCUT2D eigenvalue weighted by Gasteiger charge is 2.49. The summed E-state index contributed by atoms with van der Waals surface area (Å²) in [6, 6.07) is 7.87. The van der Waals surface area contributed by atoms with Gasteiger partial charge in [0.05, 0.1) is 5.69 Å². The van der Waals surface area contributed by atoms with Crippen LogP contribution in [0.1, 0.15) is 6.92 Å². The van der Waals surface area contributed by atoms with Gasteiger partial charge in [-0.1, -0.05) is 24.3 Å². The van der Waals surface area contributed by atoms with E-state index in [2.05, 4.69) is 9.18 Å². The molecule has 0 bridgehead atoms. The van der Waals surface area contributed by atoms with Crippen molar-refractivity contribution in [3.8, 4) is 0 Å². The summed E-state index contributed by atoms with van der Waals surface area (Å²) in [5.74, 6) is -0.661. The van der Waals surface area contributed by atoms with Crippen LogP contribution in [0.15, 0.2) is 47.5 Å². The third-order valence-electron chi connectivity index (χ3n) is 1.78. The SMILES string of the molecule is C/C=C/C(=Nc1ccccc1)OS(=O)(=O)C(F)(F)F. The quantitative estimate of drug-likeness (QED) is 0.372. The summed E-state index contributed by atoms with van der Waals surface area (Å²) in [5, 5.41) is 0. The van der Waals surface area contributed by atoms with Crippen molar-refractivity contribution in [2.45, 2.75) is 12.4 Å². The molecule has 1 aromatic rings. The first kappa shape index (κ1) is 15.2. The molecule has 1 aromatic carbocycles. The summed E-state index contributed by atoms with van der Waals surface area (Å²) in [4.78, 5) is 3.68. The van der Waals surface area contributed by atoms with E-state index in [9.17, 15) is 21.6 Å². The Morgan fingerprint density at radius 2 is 1.84 bits per heavy atom. The zero-order valence-electron chi connectivity index (χ0n) is 9.76. The number of halogens is 3. The summed E-state index contributed by atoms with van der Waals surface area (Å²) < 4.78 is 62.2. The number of para-hydroxylation sites is 1. The number of allylic oxidation sites excluding steroid dienone is 1. The molecular formula is C11H10F3NO3S. The second-order valence-electron chi connectivity index (χ2n) is 3.27. The largest absolute Gasteiger partial charge is 0.534 e. The maximum atomic E-state index is 12.2. The predicted molar refractivity (Wildman–Crippen MR) is 64.4 cm³/mol. The average Bonchev–Trinajstić information content (AvgIpc) is 2.28. The number of nitrogens with zero attached hydrogens (tertiary/aromatic N) is 1. The Morgan fingerprint density at radius 1 is 1.26 bits per heavy atom. The lowest BCUT2D eigenvalue weighted by molar-refractivity contribution is -0.0504. The molecule has 0 aliphatic carbocycles. The molecule has 8 heteroatoms. The molecule has 0 atom stereocenters. The first-order valence-electron chi connectivity index (χ1n) is 5.03. The molecule has 0 saturated carbocycles. The van der Waals surface area contributed by atoms with E-state index in [1.54, 1.807) is 18.2 Å². The van der Waals surface area contributed by atoms with Crippen LogP contribution >= 0.6 is 0 Å². The van der Waals surface area contributed by atoms with E-state index in [1.165, 1.54) is 25.1 Å². The molecule has 0 unspecified atom stereocenters. The van der Waals surface area contributed by atoms with Gasteiger partial charge in [0.1, 0.15) is 0 Å². The molecule has 0 aliphatic rings. The van der Waals surface area contributed by atoms with E-state index >= 15 is 0 Å². The maximum absolute atomic E-state index is 12.2. The van der Waals surface area contributed by atoms with Crippen molar-refractivity contribution < 1.29 is 25.8 Å². The monoisotopic (exact) mass is 293 g/mol. The van der Waals surface area contributed by atoms with Gasteiger partial charge in [-0.3, -0.25) is 0 Å². The van der Waals surface area contributed by atoms with Crippen LogP contribution in [0.2, 0.25) is 0 Å². The third-order valence-corrected chi connectivity index (χ3v) is 2.74. The normalized spacial score (nSPS) is 13.8. The lowest BCUT2D eigenvalue weighted by Crippen LogP contribution is -2.27. The van der Waals surface area contributed by atoms with Gasteiger partial charge < -0.3 is 4.18 Å². The predicted octanol–water partition coefficient (Wildman–Crippen LogP) is 3.16. The molecule has 104 valence electrons. The minimum Gasteiger partial charge on any atom is -0.355 e. The van der Waals surface area contributed by atoms with Crippen LogP contribution in [0.3, 0.4) is 0 Å². The minimum absolute atomic E-state index is 0.271. The van der Waals surface area contributed by atoms with Crippen LogP contribution < -0.4 is 0 Å². The Bertz CT molecular complexity index is 577. The number of rotatable bonds is 3. The first-order valence-corrected chi connectivity index (χ1v) is 6.44. The van der Waals surface area contributed by atoms with Crippen molar-refractivity contribution in [3.63, 3.8) is 0 Å². The molecule has 0 N–H and O–H groups in total. The summed E-state index contributed by atoms with van der Waals surface area (Å²) in [7, 11) is -5.72. The molecule has 0 aromatic heterocycles. The zero-order valence-corrected chi connectivity index (χ0v) is 10.6. The number of benzene rings is 1. The second-order valence-corrected chi connectivity index (χ2v) is 4.81. The summed E-state index contributed by atoms with van der Waals surface area (Å²) in [5.41, 5.74) is -5.22. The van der Waals surface area contributed by atoms with Gasteiger partial charge in [-0.15, -0.1) is 0 Å². The van der Waals surface area contributed by atoms with E-state index in [0.29, 0.717) is 0 Å². The van der Waals surface area contributed by atoms with Gasteiger partial charge in [0.15, 0.2) is 0 Å². The Morgan fingerprint density at radius 3 is 2.32 bits per heavy atom. The van der Waals surface area contributed by atoms with Gasteiger partial charge in [0.25, 0.3) is 0 Å². The third kappa shape index (κ3) is 4.40. The Balaban J connectivity index is 3.08. The zero-order chi connectivity index (χ0) is 14.5. The van der Waals surface area contributed by atoms with Gasteiger partial charge in [-0.2, -0.15) is 21.6 Å². The fourth-order valence-corrected chi connectivity index (χ4v) is 1.43. The molecular weight excluding hydrogens is 283 g/mol. The molecule has 0 fully saturated rings. The highest BCUT2D eigenvalue weighted by molar-refractivity contribution is 7.88. The topological polar surface area (TPSA) is 55.7 Å². The van der Waals surface area contributed by atoms with Crippen LogP contribution in [-0.2, 0) is 14.3 Å². The van der Waals surface area contributed by atoms with Gasteiger partial charge in [-0.25, -0.2) is 4.99 Å². The lowest BCUT2D eigenvalue weighted by atomic mass is 10.3.